The number of thiazole rings is 1. The molecule has 21 heavy (non-hydrogen) atoms. The Morgan fingerprint density at radius 1 is 1.14 bits per heavy atom. The lowest BCUT2D eigenvalue weighted by atomic mass is 10.1. The molecule has 5 nitrogen and oxygen atoms in total. The van der Waals surface area contributed by atoms with Crippen molar-refractivity contribution in [2.24, 2.45) is 0 Å². The monoisotopic (exact) mass is 296 g/mol. The first-order chi connectivity index (χ1) is 10.2. The van der Waals surface area contributed by atoms with E-state index in [0.717, 1.165) is 5.69 Å². The number of nitrogens with one attached hydrogen (secondary N) is 1. The molecule has 104 valence electrons. The SMILES string of the molecule is Nc1nc(Nc2cccnc2)sc1C(=O)c1ccccc1. The van der Waals surface area contributed by atoms with Gasteiger partial charge in [-0.15, -0.1) is 0 Å². The van der Waals surface area contributed by atoms with Crippen LogP contribution in [0.15, 0.2) is 54.9 Å². The Morgan fingerprint density at radius 3 is 2.67 bits per heavy atom. The first-order valence-corrected chi connectivity index (χ1v) is 7.09. The van der Waals surface area contributed by atoms with Crippen molar-refractivity contribution in [3.63, 3.8) is 0 Å². The van der Waals surface area contributed by atoms with Gasteiger partial charge in [-0.3, -0.25) is 9.78 Å². The number of benzene rings is 1. The average Bonchev–Trinajstić information content (AvgIpc) is 2.89. The molecule has 3 aromatic rings. The van der Waals surface area contributed by atoms with Crippen molar-refractivity contribution >= 4 is 33.8 Å². The van der Waals surface area contributed by atoms with Gasteiger partial charge in [0.05, 0.1) is 11.9 Å². The first kappa shape index (κ1) is 13.3. The quantitative estimate of drug-likeness (QED) is 0.723. The van der Waals surface area contributed by atoms with E-state index in [9.17, 15) is 4.79 Å². The van der Waals surface area contributed by atoms with Gasteiger partial charge in [0.25, 0.3) is 0 Å². The van der Waals surface area contributed by atoms with E-state index in [2.05, 4.69) is 15.3 Å². The Hall–Kier alpha value is -2.73. The zero-order valence-electron chi connectivity index (χ0n) is 11.0. The van der Waals surface area contributed by atoms with Crippen LogP contribution in [0.5, 0.6) is 0 Å². The smallest absolute Gasteiger partial charge is 0.206 e. The van der Waals surface area contributed by atoms with Gasteiger partial charge in [0.15, 0.2) is 5.13 Å². The minimum absolute atomic E-state index is 0.121. The highest BCUT2D eigenvalue weighted by Gasteiger charge is 2.17. The Kier molecular flexibility index (Phi) is 3.61. The average molecular weight is 296 g/mol. The number of carbonyl (C=O) groups is 1. The fourth-order valence-corrected chi connectivity index (χ4v) is 2.70. The minimum atomic E-state index is -0.121. The molecular formula is C15H12N4OS. The van der Waals surface area contributed by atoms with Crippen molar-refractivity contribution in [2.75, 3.05) is 11.1 Å². The summed E-state index contributed by atoms with van der Waals surface area (Å²) in [6.45, 7) is 0. The molecule has 3 N–H and O–H groups in total. The third kappa shape index (κ3) is 2.90. The van der Waals surface area contributed by atoms with Crippen LogP contribution < -0.4 is 11.1 Å². The lowest BCUT2D eigenvalue weighted by molar-refractivity contribution is 0.104. The third-order valence-corrected chi connectivity index (χ3v) is 3.79. The standard InChI is InChI=1S/C15H12N4OS/c16-14-13(12(20)10-5-2-1-3-6-10)21-15(19-14)18-11-7-4-8-17-9-11/h1-9H,16H2,(H,18,19). The molecule has 0 bridgehead atoms. The van der Waals surface area contributed by atoms with E-state index in [1.54, 1.807) is 24.5 Å². The maximum Gasteiger partial charge on any atom is 0.206 e. The van der Waals surface area contributed by atoms with Gasteiger partial charge < -0.3 is 11.1 Å². The topological polar surface area (TPSA) is 80.9 Å². The summed E-state index contributed by atoms with van der Waals surface area (Å²) in [5, 5.41) is 3.65. The summed E-state index contributed by atoms with van der Waals surface area (Å²) >= 11 is 1.23. The fourth-order valence-electron chi connectivity index (χ4n) is 1.83. The molecule has 0 unspecified atom stereocenters. The molecular weight excluding hydrogens is 284 g/mol. The van der Waals surface area contributed by atoms with Crippen LogP contribution in [0.1, 0.15) is 15.2 Å². The summed E-state index contributed by atoms with van der Waals surface area (Å²) in [5.41, 5.74) is 7.25. The molecule has 0 aliphatic rings. The Balaban J connectivity index is 1.86. The molecule has 1 aromatic carbocycles. The first-order valence-electron chi connectivity index (χ1n) is 6.27. The second kappa shape index (κ2) is 5.72. The van der Waals surface area contributed by atoms with Gasteiger partial charge >= 0.3 is 0 Å². The van der Waals surface area contributed by atoms with Crippen LogP contribution in [-0.4, -0.2) is 15.8 Å². The summed E-state index contributed by atoms with van der Waals surface area (Å²) in [7, 11) is 0. The highest BCUT2D eigenvalue weighted by Crippen LogP contribution is 2.29. The van der Waals surface area contributed by atoms with E-state index < -0.39 is 0 Å². The number of pyridine rings is 1. The van der Waals surface area contributed by atoms with E-state index in [-0.39, 0.29) is 11.6 Å². The third-order valence-electron chi connectivity index (χ3n) is 2.81. The summed E-state index contributed by atoms with van der Waals surface area (Å²) in [5.74, 6) is 0.116. The van der Waals surface area contributed by atoms with Crippen LogP contribution in [0.4, 0.5) is 16.6 Å². The van der Waals surface area contributed by atoms with Crippen LogP contribution in [-0.2, 0) is 0 Å². The van der Waals surface area contributed by atoms with Gasteiger partial charge in [-0.2, -0.15) is 0 Å². The molecule has 6 heteroatoms. The van der Waals surface area contributed by atoms with E-state index in [0.29, 0.717) is 15.6 Å². The molecule has 3 rings (SSSR count). The molecule has 0 radical (unpaired) electrons. The molecule has 0 fully saturated rings. The van der Waals surface area contributed by atoms with Crippen LogP contribution in [0.3, 0.4) is 0 Å². The van der Waals surface area contributed by atoms with Crippen molar-refractivity contribution in [2.45, 2.75) is 0 Å². The zero-order valence-corrected chi connectivity index (χ0v) is 11.8. The van der Waals surface area contributed by atoms with Crippen molar-refractivity contribution < 1.29 is 4.79 Å². The molecule has 0 aliphatic carbocycles. The fraction of sp³-hybridized carbons (Fsp3) is 0. The van der Waals surface area contributed by atoms with Crippen LogP contribution in [0.2, 0.25) is 0 Å². The number of hydrogen-bond acceptors (Lipinski definition) is 6. The van der Waals surface area contributed by atoms with Crippen molar-refractivity contribution in [1.29, 1.82) is 0 Å². The second-order valence-corrected chi connectivity index (χ2v) is 5.29. The maximum atomic E-state index is 12.4. The Bertz CT molecular complexity index is 756. The van der Waals surface area contributed by atoms with E-state index in [1.165, 1.54) is 11.3 Å². The van der Waals surface area contributed by atoms with Gasteiger partial charge in [-0.05, 0) is 12.1 Å². The molecule has 0 saturated carbocycles. The van der Waals surface area contributed by atoms with Gasteiger partial charge in [0.2, 0.25) is 5.78 Å². The minimum Gasteiger partial charge on any atom is -0.382 e. The van der Waals surface area contributed by atoms with Gasteiger partial charge in [-0.1, -0.05) is 41.7 Å². The number of hydrogen-bond donors (Lipinski definition) is 2. The van der Waals surface area contributed by atoms with Crippen molar-refractivity contribution in [3.8, 4) is 0 Å². The van der Waals surface area contributed by atoms with Gasteiger partial charge in [0, 0.05) is 11.8 Å². The highest BCUT2D eigenvalue weighted by atomic mass is 32.1. The predicted octanol–water partition coefficient (Wildman–Crippen LogP) is 3.09. The number of aromatic nitrogens is 2. The van der Waals surface area contributed by atoms with Gasteiger partial charge in [0.1, 0.15) is 10.7 Å². The Labute approximate surface area is 125 Å². The molecule has 0 saturated heterocycles. The van der Waals surface area contributed by atoms with Crippen molar-refractivity contribution in [1.82, 2.24) is 9.97 Å². The second-order valence-electron chi connectivity index (χ2n) is 4.30. The number of nitrogens with zero attached hydrogens (tertiary/aromatic N) is 2. The van der Waals surface area contributed by atoms with Crippen LogP contribution in [0.25, 0.3) is 0 Å². The summed E-state index contributed by atoms with van der Waals surface area (Å²) in [6, 6.07) is 12.7. The summed E-state index contributed by atoms with van der Waals surface area (Å²) in [6.07, 6.45) is 3.36. The largest absolute Gasteiger partial charge is 0.382 e. The van der Waals surface area contributed by atoms with Crippen LogP contribution in [0, 0.1) is 0 Å². The van der Waals surface area contributed by atoms with Crippen molar-refractivity contribution in [3.05, 3.63) is 65.3 Å². The number of nitrogens with two attached hydrogens (primary N) is 1. The lowest BCUT2D eigenvalue weighted by Gasteiger charge is -1.99. The van der Waals surface area contributed by atoms with E-state index in [1.807, 2.05) is 30.3 Å². The Morgan fingerprint density at radius 2 is 1.95 bits per heavy atom. The normalized spacial score (nSPS) is 10.3. The predicted molar refractivity (Wildman–Crippen MR) is 83.9 cm³/mol. The van der Waals surface area contributed by atoms with Gasteiger partial charge in [-0.25, -0.2) is 4.98 Å². The molecule has 0 atom stereocenters. The lowest BCUT2D eigenvalue weighted by Crippen LogP contribution is -2.02. The number of carbonyl (C=O) groups excluding carboxylic acids is 1. The zero-order chi connectivity index (χ0) is 14.7. The molecule has 0 spiro atoms. The summed E-state index contributed by atoms with van der Waals surface area (Å²) < 4.78 is 0. The molecule has 0 aliphatic heterocycles. The summed E-state index contributed by atoms with van der Waals surface area (Å²) in [4.78, 5) is 21.0. The molecule has 2 heterocycles. The maximum absolute atomic E-state index is 12.4. The number of ketones is 1. The van der Waals surface area contributed by atoms with Crippen LogP contribution >= 0.6 is 11.3 Å². The van der Waals surface area contributed by atoms with E-state index in [4.69, 9.17) is 5.73 Å². The highest BCUT2D eigenvalue weighted by molar-refractivity contribution is 7.18. The number of rotatable bonds is 4. The number of anilines is 3. The molecule has 2 aromatic heterocycles. The number of nitrogen functional groups attached to an aromatic ring is 1. The molecule has 0 amide bonds. The van der Waals surface area contributed by atoms with E-state index >= 15 is 0 Å².